The lowest BCUT2D eigenvalue weighted by Crippen LogP contribution is -2.14. The van der Waals surface area contributed by atoms with E-state index in [0.717, 1.165) is 21.1 Å². The van der Waals surface area contributed by atoms with E-state index in [4.69, 9.17) is 9.47 Å². The van der Waals surface area contributed by atoms with Crippen molar-refractivity contribution in [1.29, 1.82) is 0 Å². The van der Waals surface area contributed by atoms with E-state index in [1.54, 1.807) is 13.2 Å². The maximum atomic E-state index is 11.9. The van der Waals surface area contributed by atoms with Crippen LogP contribution in [-0.2, 0) is 22.7 Å². The molecular formula is C18H18INO5. The highest BCUT2D eigenvalue weighted by Gasteiger charge is 2.13. The molecule has 0 aliphatic carbocycles. The summed E-state index contributed by atoms with van der Waals surface area (Å²) in [4.78, 5) is 11.2. The molecule has 0 aliphatic rings. The molecule has 0 heterocycles. The Morgan fingerprint density at radius 1 is 1.20 bits per heavy atom. The Kier molecular flexibility index (Phi) is 7.05. The number of hydroxylamine groups is 1. The Hall–Kier alpha value is -2.29. The fourth-order valence-electron chi connectivity index (χ4n) is 2.10. The lowest BCUT2D eigenvalue weighted by molar-refractivity contribution is -0.469. The van der Waals surface area contributed by atoms with Gasteiger partial charge in [-0.2, -0.15) is 0 Å². The number of esters is 1. The van der Waals surface area contributed by atoms with Gasteiger partial charge in [-0.15, -0.1) is 0 Å². The smallest absolute Gasteiger partial charge is 0.396 e. The van der Waals surface area contributed by atoms with Crippen LogP contribution in [0.5, 0.6) is 11.5 Å². The first-order chi connectivity index (χ1) is 12.0. The van der Waals surface area contributed by atoms with Gasteiger partial charge in [0.15, 0.2) is 6.54 Å². The zero-order chi connectivity index (χ0) is 18.2. The van der Waals surface area contributed by atoms with Crippen LogP contribution < -0.4 is 9.47 Å². The van der Waals surface area contributed by atoms with E-state index in [9.17, 15) is 10.0 Å². The molecule has 6 nitrogen and oxygen atoms in total. The van der Waals surface area contributed by atoms with Gasteiger partial charge in [-0.05, 0) is 52.4 Å². The third-order valence-electron chi connectivity index (χ3n) is 3.37. The van der Waals surface area contributed by atoms with Crippen molar-refractivity contribution in [2.45, 2.75) is 13.2 Å². The first-order valence-corrected chi connectivity index (χ1v) is 8.51. The van der Waals surface area contributed by atoms with Crippen molar-refractivity contribution >= 4 is 34.8 Å². The van der Waals surface area contributed by atoms with Crippen LogP contribution >= 0.6 is 22.6 Å². The third-order valence-corrected chi connectivity index (χ3v) is 4.22. The van der Waals surface area contributed by atoms with Crippen LogP contribution in [0, 0.1) is 8.78 Å². The van der Waals surface area contributed by atoms with Crippen molar-refractivity contribution in [2.75, 3.05) is 14.2 Å². The van der Waals surface area contributed by atoms with E-state index < -0.39 is 5.97 Å². The first-order valence-electron chi connectivity index (χ1n) is 7.43. The van der Waals surface area contributed by atoms with E-state index in [1.807, 2.05) is 36.4 Å². The molecule has 0 spiro atoms. The summed E-state index contributed by atoms with van der Waals surface area (Å²) in [5, 5.41) is 11.9. The van der Waals surface area contributed by atoms with Crippen LogP contribution in [0.25, 0.3) is 0 Å². The molecule has 2 rings (SSSR count). The normalized spacial score (nSPS) is 11.1. The second kappa shape index (κ2) is 9.26. The second-order valence-corrected chi connectivity index (χ2v) is 6.25. The molecule has 7 heteroatoms. The maximum absolute atomic E-state index is 11.9. The molecule has 0 unspecified atom stereocenters. The lowest BCUT2D eigenvalue weighted by Gasteiger charge is -2.13. The van der Waals surface area contributed by atoms with Crippen molar-refractivity contribution in [3.8, 4) is 11.5 Å². The first kappa shape index (κ1) is 19.0. The third kappa shape index (κ3) is 5.63. The number of para-hydroxylation sites is 1. The van der Waals surface area contributed by atoms with Gasteiger partial charge in [0.05, 0.1) is 23.4 Å². The molecule has 2 aromatic rings. The Balaban J connectivity index is 2.14. The molecular weight excluding hydrogens is 437 g/mol. The van der Waals surface area contributed by atoms with Crippen LogP contribution in [0.1, 0.15) is 11.1 Å². The molecule has 25 heavy (non-hydrogen) atoms. The Morgan fingerprint density at radius 3 is 2.56 bits per heavy atom. The SMILES string of the molecule is COC(=O)/C=[N+](\[O-])Cc1cccc(I)c1OCc1ccc(OC)cc1. The predicted molar refractivity (Wildman–Crippen MR) is 102 cm³/mol. The minimum absolute atomic E-state index is 0.0100. The van der Waals surface area contributed by atoms with Gasteiger partial charge >= 0.3 is 5.97 Å². The number of carbonyl (C=O) groups is 1. The minimum Gasteiger partial charge on any atom is -0.623 e. The largest absolute Gasteiger partial charge is 0.623 e. The molecule has 0 fully saturated rings. The Morgan fingerprint density at radius 2 is 1.92 bits per heavy atom. The summed E-state index contributed by atoms with van der Waals surface area (Å²) in [6.07, 6.45) is 0.868. The van der Waals surface area contributed by atoms with Crippen molar-refractivity contribution < 1.29 is 23.7 Å². The monoisotopic (exact) mass is 455 g/mol. The molecule has 0 atom stereocenters. The molecule has 0 aromatic heterocycles. The number of halogens is 1. The summed E-state index contributed by atoms with van der Waals surface area (Å²) in [5.74, 6) is 0.707. The molecule has 0 amide bonds. The Labute approximate surface area is 159 Å². The quantitative estimate of drug-likeness (QED) is 0.160. The number of ether oxygens (including phenoxy) is 3. The van der Waals surface area contributed by atoms with Crippen molar-refractivity contribution in [3.05, 3.63) is 62.4 Å². The van der Waals surface area contributed by atoms with Crippen LogP contribution in [-0.4, -0.2) is 31.1 Å². The van der Waals surface area contributed by atoms with E-state index in [1.165, 1.54) is 7.11 Å². The highest BCUT2D eigenvalue weighted by molar-refractivity contribution is 14.1. The average Bonchev–Trinajstić information content (AvgIpc) is 2.61. The van der Waals surface area contributed by atoms with Gasteiger partial charge < -0.3 is 19.4 Å². The Bertz CT molecular complexity index is 759. The number of hydrogen-bond acceptors (Lipinski definition) is 5. The maximum Gasteiger partial charge on any atom is 0.396 e. The lowest BCUT2D eigenvalue weighted by atomic mass is 10.2. The second-order valence-electron chi connectivity index (χ2n) is 5.09. The molecule has 0 N–H and O–H groups in total. The zero-order valence-electron chi connectivity index (χ0n) is 13.9. The van der Waals surface area contributed by atoms with Gasteiger partial charge in [0.25, 0.3) is 6.21 Å². The highest BCUT2D eigenvalue weighted by atomic mass is 127. The number of carbonyl (C=O) groups excluding carboxylic acids is 1. The predicted octanol–water partition coefficient (Wildman–Crippen LogP) is 3.13. The van der Waals surface area contributed by atoms with Crippen molar-refractivity contribution in [3.63, 3.8) is 0 Å². The summed E-state index contributed by atoms with van der Waals surface area (Å²) < 4.78 is 16.9. The fraction of sp³-hybridized carbons (Fsp3) is 0.222. The van der Waals surface area contributed by atoms with E-state index >= 15 is 0 Å². The van der Waals surface area contributed by atoms with E-state index in [2.05, 4.69) is 27.3 Å². The molecule has 0 radical (unpaired) electrons. The number of benzene rings is 2. The summed E-state index contributed by atoms with van der Waals surface area (Å²) >= 11 is 2.15. The molecule has 0 bridgehead atoms. The number of rotatable bonds is 7. The van der Waals surface area contributed by atoms with Crippen LogP contribution in [0.4, 0.5) is 0 Å². The molecule has 0 saturated carbocycles. The molecule has 0 saturated heterocycles. The van der Waals surface area contributed by atoms with Gasteiger partial charge in [-0.1, -0.05) is 18.2 Å². The van der Waals surface area contributed by atoms with Gasteiger partial charge in [0.1, 0.15) is 18.1 Å². The van der Waals surface area contributed by atoms with E-state index in [0.29, 0.717) is 22.7 Å². The zero-order valence-corrected chi connectivity index (χ0v) is 16.1. The molecule has 2 aromatic carbocycles. The average molecular weight is 455 g/mol. The standard InChI is InChI=1S/C18H18INO5/c1-23-15-8-6-13(7-9-15)12-25-18-14(4-3-5-16(18)19)10-20(22)11-17(21)24-2/h3-9,11H,10,12H2,1-2H3/b20-11-. The van der Waals surface area contributed by atoms with Crippen LogP contribution in [0.15, 0.2) is 42.5 Å². The highest BCUT2D eigenvalue weighted by Crippen LogP contribution is 2.27. The summed E-state index contributed by atoms with van der Waals surface area (Å²) in [6, 6.07) is 13.1. The summed E-state index contributed by atoms with van der Waals surface area (Å²) in [5.41, 5.74) is 1.67. The van der Waals surface area contributed by atoms with E-state index in [-0.39, 0.29) is 6.54 Å². The van der Waals surface area contributed by atoms with Crippen LogP contribution in [0.3, 0.4) is 0 Å². The summed E-state index contributed by atoms with van der Waals surface area (Å²) in [7, 11) is 2.84. The van der Waals surface area contributed by atoms with Gasteiger partial charge in [-0.25, -0.2) is 9.53 Å². The number of nitrogens with zero attached hydrogens (tertiary/aromatic N) is 1. The minimum atomic E-state index is -0.693. The number of methoxy groups -OCH3 is 2. The van der Waals surface area contributed by atoms with Gasteiger partial charge in [0.2, 0.25) is 0 Å². The van der Waals surface area contributed by atoms with Gasteiger partial charge in [-0.3, -0.25) is 0 Å². The molecule has 132 valence electrons. The topological polar surface area (TPSA) is 70.8 Å². The van der Waals surface area contributed by atoms with Crippen molar-refractivity contribution in [2.24, 2.45) is 0 Å². The van der Waals surface area contributed by atoms with Crippen molar-refractivity contribution in [1.82, 2.24) is 0 Å². The number of hydrogen-bond donors (Lipinski definition) is 0. The summed E-state index contributed by atoms with van der Waals surface area (Å²) in [6.45, 7) is 0.348. The molecule has 0 aliphatic heterocycles. The fourth-order valence-corrected chi connectivity index (χ4v) is 2.81. The van der Waals surface area contributed by atoms with Gasteiger partial charge in [0, 0.05) is 0 Å². The van der Waals surface area contributed by atoms with Crippen LogP contribution in [0.2, 0.25) is 0 Å².